The third-order valence-electron chi connectivity index (χ3n) is 2.59. The Balaban J connectivity index is 1.80. The van der Waals surface area contributed by atoms with Crippen molar-refractivity contribution in [3.05, 3.63) is 16.1 Å². The molecule has 0 aliphatic rings. The number of nitrogens with zero attached hydrogens (tertiary/aromatic N) is 1. The van der Waals surface area contributed by atoms with Crippen LogP contribution in [0.4, 0.5) is 0 Å². The normalized spacial score (nSPS) is 11.1. The van der Waals surface area contributed by atoms with Gasteiger partial charge in [0.1, 0.15) is 0 Å². The lowest BCUT2D eigenvalue weighted by molar-refractivity contribution is 0.00344. The van der Waals surface area contributed by atoms with Gasteiger partial charge >= 0.3 is 0 Å². The van der Waals surface area contributed by atoms with Crippen LogP contribution in [0.25, 0.3) is 0 Å². The van der Waals surface area contributed by atoms with Crippen LogP contribution in [-0.4, -0.2) is 58.3 Å². The van der Waals surface area contributed by atoms with Crippen LogP contribution in [0.3, 0.4) is 0 Å². The van der Waals surface area contributed by atoms with E-state index in [4.69, 9.17) is 30.5 Å². The molecule has 7 heteroatoms. The molecule has 1 heterocycles. The molecule has 0 bridgehead atoms. The van der Waals surface area contributed by atoms with Gasteiger partial charge in [-0.25, -0.2) is 4.98 Å². The molecular formula is C14H24ClNO4S. The summed E-state index contributed by atoms with van der Waals surface area (Å²) >= 11 is 7.37. The third kappa shape index (κ3) is 10.2. The van der Waals surface area contributed by atoms with E-state index in [9.17, 15) is 0 Å². The molecule has 0 spiro atoms. The van der Waals surface area contributed by atoms with E-state index in [1.165, 1.54) is 0 Å². The van der Waals surface area contributed by atoms with Gasteiger partial charge in [0.05, 0.1) is 56.2 Å². The van der Waals surface area contributed by atoms with Crippen LogP contribution in [0.2, 0.25) is 0 Å². The summed E-state index contributed by atoms with van der Waals surface area (Å²) in [6.45, 7) is 4.35. The van der Waals surface area contributed by atoms with E-state index in [0.29, 0.717) is 45.5 Å². The van der Waals surface area contributed by atoms with Gasteiger partial charge in [-0.15, -0.1) is 22.9 Å². The highest BCUT2D eigenvalue weighted by atomic mass is 35.5. The molecule has 0 aliphatic heterocycles. The number of alkyl halides is 1. The fourth-order valence-electron chi connectivity index (χ4n) is 1.53. The van der Waals surface area contributed by atoms with Gasteiger partial charge in [0.2, 0.25) is 0 Å². The number of halogens is 1. The smallest absolute Gasteiger partial charge is 0.0929 e. The van der Waals surface area contributed by atoms with Gasteiger partial charge in [-0.05, 0) is 6.42 Å². The Bertz CT molecular complexity index is 351. The van der Waals surface area contributed by atoms with E-state index in [0.717, 1.165) is 30.2 Å². The molecule has 0 atom stereocenters. The maximum Gasteiger partial charge on any atom is 0.0929 e. The van der Waals surface area contributed by atoms with Crippen LogP contribution in [0.1, 0.15) is 17.1 Å². The number of methoxy groups -OCH3 is 1. The topological polar surface area (TPSA) is 49.8 Å². The van der Waals surface area contributed by atoms with Crippen molar-refractivity contribution >= 4 is 22.9 Å². The minimum absolute atomic E-state index is 0.486. The molecule has 0 unspecified atom stereocenters. The second kappa shape index (κ2) is 13.4. The van der Waals surface area contributed by atoms with E-state index in [-0.39, 0.29) is 0 Å². The number of hydrogen-bond acceptors (Lipinski definition) is 6. The molecule has 1 aromatic heterocycles. The molecule has 5 nitrogen and oxygen atoms in total. The Morgan fingerprint density at radius 1 is 1.00 bits per heavy atom. The molecule has 0 aliphatic carbocycles. The fourth-order valence-corrected chi connectivity index (χ4v) is 2.60. The van der Waals surface area contributed by atoms with Crippen molar-refractivity contribution in [2.75, 3.05) is 53.4 Å². The lowest BCUT2D eigenvalue weighted by Gasteiger charge is -2.06. The predicted molar refractivity (Wildman–Crippen MR) is 84.3 cm³/mol. The van der Waals surface area contributed by atoms with Crippen molar-refractivity contribution in [3.63, 3.8) is 0 Å². The quantitative estimate of drug-likeness (QED) is 0.385. The zero-order valence-electron chi connectivity index (χ0n) is 12.5. The monoisotopic (exact) mass is 337 g/mol. The van der Waals surface area contributed by atoms with Gasteiger partial charge in [0.15, 0.2) is 0 Å². The van der Waals surface area contributed by atoms with Crippen molar-refractivity contribution < 1.29 is 18.9 Å². The summed E-state index contributed by atoms with van der Waals surface area (Å²) in [4.78, 5) is 4.40. The number of thiazole rings is 1. The highest BCUT2D eigenvalue weighted by Gasteiger charge is 2.00. The van der Waals surface area contributed by atoms with E-state index >= 15 is 0 Å². The van der Waals surface area contributed by atoms with E-state index in [1.54, 1.807) is 18.4 Å². The van der Waals surface area contributed by atoms with Crippen LogP contribution in [0, 0.1) is 0 Å². The summed E-state index contributed by atoms with van der Waals surface area (Å²) in [5.41, 5.74) is 0.957. The predicted octanol–water partition coefficient (Wildman–Crippen LogP) is 2.51. The molecule has 0 N–H and O–H groups in total. The number of aryl methyl sites for hydroxylation is 1. The van der Waals surface area contributed by atoms with Crippen LogP contribution in [0.15, 0.2) is 5.38 Å². The van der Waals surface area contributed by atoms with Crippen molar-refractivity contribution in [2.24, 2.45) is 0 Å². The molecule has 0 aromatic carbocycles. The number of ether oxygens (including phenoxy) is 4. The summed E-state index contributed by atoms with van der Waals surface area (Å²) in [6, 6.07) is 0. The maximum absolute atomic E-state index is 5.71. The molecule has 0 saturated heterocycles. The Kier molecular flexibility index (Phi) is 12.0. The van der Waals surface area contributed by atoms with Gasteiger partial charge in [-0.3, -0.25) is 0 Å². The van der Waals surface area contributed by atoms with Crippen molar-refractivity contribution in [2.45, 2.75) is 18.7 Å². The van der Waals surface area contributed by atoms with Gasteiger partial charge in [0.25, 0.3) is 0 Å². The molecule has 1 aromatic rings. The number of aromatic nitrogens is 1. The van der Waals surface area contributed by atoms with Gasteiger partial charge in [-0.2, -0.15) is 0 Å². The Morgan fingerprint density at radius 2 is 1.62 bits per heavy atom. The third-order valence-corrected chi connectivity index (χ3v) is 3.82. The Morgan fingerprint density at radius 3 is 2.19 bits per heavy atom. The SMILES string of the molecule is COCCOCCOCCOCCCc1nc(CCl)cs1. The first kappa shape index (κ1) is 18.8. The average Bonchev–Trinajstić information content (AvgIpc) is 2.96. The number of hydrogen-bond donors (Lipinski definition) is 0. The molecule has 0 amide bonds. The minimum atomic E-state index is 0.486. The Hall–Kier alpha value is -0.240. The molecule has 1 rings (SSSR count). The lowest BCUT2D eigenvalue weighted by Crippen LogP contribution is -2.11. The zero-order chi connectivity index (χ0) is 15.2. The van der Waals surface area contributed by atoms with E-state index in [2.05, 4.69) is 4.98 Å². The summed E-state index contributed by atoms with van der Waals surface area (Å²) < 4.78 is 21.0. The first-order valence-corrected chi connectivity index (χ1v) is 8.49. The maximum atomic E-state index is 5.71. The largest absolute Gasteiger partial charge is 0.382 e. The van der Waals surface area contributed by atoms with E-state index < -0.39 is 0 Å². The van der Waals surface area contributed by atoms with Crippen LogP contribution < -0.4 is 0 Å². The summed E-state index contributed by atoms with van der Waals surface area (Å²) in [5.74, 6) is 0.486. The fraction of sp³-hybridized carbons (Fsp3) is 0.786. The average molecular weight is 338 g/mol. The molecule has 122 valence electrons. The summed E-state index contributed by atoms with van der Waals surface area (Å²) in [6.07, 6.45) is 1.91. The molecule has 0 saturated carbocycles. The second-order valence-electron chi connectivity index (χ2n) is 4.30. The van der Waals surface area contributed by atoms with Crippen molar-refractivity contribution in [1.82, 2.24) is 4.98 Å². The van der Waals surface area contributed by atoms with Gasteiger partial charge in [-0.1, -0.05) is 0 Å². The van der Waals surface area contributed by atoms with Gasteiger partial charge in [0, 0.05) is 25.5 Å². The van der Waals surface area contributed by atoms with E-state index in [1.807, 2.05) is 5.38 Å². The molecule has 0 fully saturated rings. The van der Waals surface area contributed by atoms with Crippen LogP contribution >= 0.6 is 22.9 Å². The molecular weight excluding hydrogens is 314 g/mol. The van der Waals surface area contributed by atoms with Crippen LogP contribution in [0.5, 0.6) is 0 Å². The first-order valence-electron chi connectivity index (χ1n) is 7.08. The van der Waals surface area contributed by atoms with Crippen molar-refractivity contribution in [1.29, 1.82) is 0 Å². The molecule has 21 heavy (non-hydrogen) atoms. The zero-order valence-corrected chi connectivity index (χ0v) is 14.1. The Labute approximate surface area is 135 Å². The van der Waals surface area contributed by atoms with Crippen molar-refractivity contribution in [3.8, 4) is 0 Å². The first-order chi connectivity index (χ1) is 10.4. The highest BCUT2D eigenvalue weighted by molar-refractivity contribution is 7.09. The summed E-state index contributed by atoms with van der Waals surface area (Å²) in [7, 11) is 1.66. The lowest BCUT2D eigenvalue weighted by atomic mass is 10.3. The second-order valence-corrected chi connectivity index (χ2v) is 5.51. The minimum Gasteiger partial charge on any atom is -0.382 e. The summed E-state index contributed by atoms with van der Waals surface area (Å²) in [5, 5.41) is 3.13. The standard InChI is InChI=1S/C14H24ClNO4S/c1-17-5-6-19-9-10-20-8-7-18-4-2-3-14-16-13(11-15)12-21-14/h12H,2-11H2,1H3. The molecule has 0 radical (unpaired) electrons. The number of rotatable bonds is 14. The highest BCUT2D eigenvalue weighted by Crippen LogP contribution is 2.13. The van der Waals surface area contributed by atoms with Crippen LogP contribution in [-0.2, 0) is 31.2 Å². The van der Waals surface area contributed by atoms with Gasteiger partial charge < -0.3 is 18.9 Å².